The smallest absolute Gasteiger partial charge is 0.450 e. The second-order valence-electron chi connectivity index (χ2n) is 1.32. The summed E-state index contributed by atoms with van der Waals surface area (Å²) in [7, 11) is 0. The highest BCUT2D eigenvalue weighted by atomic mass is 19.3. The fourth-order valence-electron chi connectivity index (χ4n) is 0.123. The van der Waals surface area contributed by atoms with Crippen molar-refractivity contribution >= 4 is 12.3 Å². The van der Waals surface area contributed by atoms with Crippen LogP contribution in [0.1, 0.15) is 6.92 Å². The molecule has 6 nitrogen and oxygen atoms in total. The van der Waals surface area contributed by atoms with Gasteiger partial charge in [-0.15, -0.1) is 0 Å². The summed E-state index contributed by atoms with van der Waals surface area (Å²) in [6, 6.07) is 0. The van der Waals surface area contributed by atoms with Gasteiger partial charge >= 0.3 is 12.3 Å². The van der Waals surface area contributed by atoms with Crippen LogP contribution in [-0.4, -0.2) is 34.2 Å². The zero-order valence-electron chi connectivity index (χ0n) is 7.24. The van der Waals surface area contributed by atoms with Crippen LogP contribution in [0.2, 0.25) is 0 Å². The highest BCUT2D eigenvalue weighted by Gasteiger charge is 1.86. The molecule has 0 rings (SSSR count). The van der Waals surface area contributed by atoms with E-state index in [2.05, 4.69) is 11.3 Å². The summed E-state index contributed by atoms with van der Waals surface area (Å²) < 4.78 is 24.2. The third-order valence-electron chi connectivity index (χ3n) is 0.268. The van der Waals surface area contributed by atoms with Crippen LogP contribution in [0.3, 0.4) is 0 Å². The van der Waals surface area contributed by atoms with Gasteiger partial charge in [-0.1, -0.05) is 0 Å². The number of ether oxygens (including phenoxy) is 1. The van der Waals surface area contributed by atoms with Crippen molar-refractivity contribution in [1.82, 2.24) is 0 Å². The molecule has 0 aromatic carbocycles. The molecular formula is C6H10F2O6. The molecule has 0 aliphatic rings. The van der Waals surface area contributed by atoms with Gasteiger partial charge in [0.15, 0.2) is 0 Å². The summed E-state index contributed by atoms with van der Waals surface area (Å²) in [5.41, 5.74) is 0. The topological polar surface area (TPSA) is 104 Å². The lowest BCUT2D eigenvalue weighted by Crippen LogP contribution is -1.97. The zero-order valence-corrected chi connectivity index (χ0v) is 7.24. The van der Waals surface area contributed by atoms with Crippen molar-refractivity contribution in [2.45, 2.75) is 6.92 Å². The SMILES string of the molecule is C=C(F)F.CCOC(=O)O.O=C(O)O. The van der Waals surface area contributed by atoms with Gasteiger partial charge in [0.05, 0.1) is 6.61 Å². The predicted molar refractivity (Wildman–Crippen MR) is 41.7 cm³/mol. The van der Waals surface area contributed by atoms with E-state index in [1.165, 1.54) is 0 Å². The van der Waals surface area contributed by atoms with Crippen molar-refractivity contribution in [3.63, 3.8) is 0 Å². The van der Waals surface area contributed by atoms with E-state index in [1.807, 2.05) is 0 Å². The minimum Gasteiger partial charge on any atom is -0.450 e. The third-order valence-corrected chi connectivity index (χ3v) is 0.268. The van der Waals surface area contributed by atoms with Crippen molar-refractivity contribution in [2.24, 2.45) is 0 Å². The van der Waals surface area contributed by atoms with Crippen LogP contribution in [-0.2, 0) is 4.74 Å². The first-order chi connectivity index (χ1) is 6.23. The van der Waals surface area contributed by atoms with Crippen LogP contribution in [0, 0.1) is 0 Å². The minimum absolute atomic E-state index is 0.231. The van der Waals surface area contributed by atoms with Gasteiger partial charge in [0, 0.05) is 0 Å². The largest absolute Gasteiger partial charge is 0.505 e. The Morgan fingerprint density at radius 2 is 1.50 bits per heavy atom. The minimum atomic E-state index is -1.83. The number of hydrogen-bond acceptors (Lipinski definition) is 3. The molecule has 3 N–H and O–H groups in total. The van der Waals surface area contributed by atoms with Crippen LogP contribution >= 0.6 is 0 Å². The average molecular weight is 216 g/mol. The van der Waals surface area contributed by atoms with Gasteiger partial charge in [0.2, 0.25) is 0 Å². The predicted octanol–water partition coefficient (Wildman–Crippen LogP) is 2.32. The number of carboxylic acid groups (broad SMARTS) is 3. The van der Waals surface area contributed by atoms with Crippen LogP contribution in [0.5, 0.6) is 0 Å². The molecule has 0 saturated heterocycles. The maximum Gasteiger partial charge on any atom is 0.505 e. The highest BCUT2D eigenvalue weighted by molar-refractivity contribution is 5.56. The van der Waals surface area contributed by atoms with E-state index >= 15 is 0 Å². The van der Waals surface area contributed by atoms with Gasteiger partial charge in [-0.2, -0.15) is 8.78 Å². The summed E-state index contributed by atoms with van der Waals surface area (Å²) in [6.07, 6.45) is -4.88. The number of rotatable bonds is 1. The molecule has 0 radical (unpaired) electrons. The quantitative estimate of drug-likeness (QED) is 0.581. The van der Waals surface area contributed by atoms with E-state index in [0.29, 0.717) is 0 Å². The Balaban J connectivity index is -0.000000135. The molecular weight excluding hydrogens is 206 g/mol. The first-order valence-corrected chi connectivity index (χ1v) is 3.01. The van der Waals surface area contributed by atoms with Crippen LogP contribution < -0.4 is 0 Å². The molecule has 0 atom stereocenters. The second-order valence-corrected chi connectivity index (χ2v) is 1.32. The van der Waals surface area contributed by atoms with E-state index in [-0.39, 0.29) is 6.61 Å². The molecule has 0 aliphatic heterocycles. The summed E-state index contributed by atoms with van der Waals surface area (Å²) in [6.45, 7) is 4.07. The Hall–Kier alpha value is -1.86. The van der Waals surface area contributed by atoms with E-state index in [1.54, 1.807) is 6.92 Å². The van der Waals surface area contributed by atoms with Crippen LogP contribution in [0.15, 0.2) is 12.7 Å². The lowest BCUT2D eigenvalue weighted by atomic mass is 10.9. The molecule has 84 valence electrons. The van der Waals surface area contributed by atoms with Gasteiger partial charge in [-0.3, -0.25) is 0 Å². The fraction of sp³-hybridized carbons (Fsp3) is 0.333. The second kappa shape index (κ2) is 13.7. The van der Waals surface area contributed by atoms with Crippen LogP contribution in [0.25, 0.3) is 0 Å². The van der Waals surface area contributed by atoms with Crippen molar-refractivity contribution in [3.8, 4) is 0 Å². The first-order valence-electron chi connectivity index (χ1n) is 3.01. The van der Waals surface area contributed by atoms with Crippen LogP contribution in [0.4, 0.5) is 18.4 Å². The van der Waals surface area contributed by atoms with Crippen molar-refractivity contribution in [3.05, 3.63) is 12.7 Å². The lowest BCUT2D eigenvalue weighted by molar-refractivity contribution is 0.0965. The Bertz CT molecular complexity index is 161. The van der Waals surface area contributed by atoms with Gasteiger partial charge in [-0.05, 0) is 13.5 Å². The molecule has 0 aromatic rings. The Morgan fingerprint density at radius 3 is 1.50 bits per heavy atom. The summed E-state index contributed by atoms with van der Waals surface area (Å²) >= 11 is 0. The lowest BCUT2D eigenvalue weighted by Gasteiger charge is -1.87. The van der Waals surface area contributed by atoms with Crippen molar-refractivity contribution < 1.29 is 38.4 Å². The monoisotopic (exact) mass is 216 g/mol. The van der Waals surface area contributed by atoms with E-state index < -0.39 is 18.4 Å². The molecule has 0 amide bonds. The number of halogens is 2. The number of carbonyl (C=O) groups is 2. The molecule has 0 saturated carbocycles. The van der Waals surface area contributed by atoms with Gasteiger partial charge in [0.1, 0.15) is 0 Å². The molecule has 0 spiro atoms. The highest BCUT2D eigenvalue weighted by Crippen LogP contribution is 1.85. The van der Waals surface area contributed by atoms with E-state index in [9.17, 15) is 13.6 Å². The molecule has 0 bridgehead atoms. The molecule has 0 fully saturated rings. The average Bonchev–Trinajstić information content (AvgIpc) is 1.82. The molecule has 14 heavy (non-hydrogen) atoms. The summed E-state index contributed by atoms with van der Waals surface area (Å²) in [5, 5.41) is 21.6. The van der Waals surface area contributed by atoms with Gasteiger partial charge < -0.3 is 20.1 Å². The number of hydrogen-bond donors (Lipinski definition) is 3. The summed E-state index contributed by atoms with van der Waals surface area (Å²) in [4.78, 5) is 17.9. The molecule has 0 aliphatic carbocycles. The van der Waals surface area contributed by atoms with E-state index in [0.717, 1.165) is 0 Å². The molecule has 0 unspecified atom stereocenters. The standard InChI is InChI=1S/C3H6O3.C2H2F2.CH2O3/c1-2-6-3(4)5;1-2(3)4;2-1(3)4/h2H2,1H3,(H,4,5);1H2;(H2,2,3,4). The first kappa shape index (κ1) is 18.0. The molecule has 8 heteroatoms. The van der Waals surface area contributed by atoms with Crippen molar-refractivity contribution in [2.75, 3.05) is 6.61 Å². The third kappa shape index (κ3) is 652. The van der Waals surface area contributed by atoms with Crippen molar-refractivity contribution in [1.29, 1.82) is 0 Å². The Labute approximate surface area is 78.0 Å². The Kier molecular flexibility index (Phi) is 17.7. The Morgan fingerprint density at radius 1 is 1.29 bits per heavy atom. The molecule has 0 aromatic heterocycles. The van der Waals surface area contributed by atoms with E-state index in [4.69, 9.17) is 20.1 Å². The normalized spacial score (nSPS) is 6.79. The molecule has 0 heterocycles. The zero-order chi connectivity index (χ0) is 12.1. The fourth-order valence-corrected chi connectivity index (χ4v) is 0.123. The van der Waals surface area contributed by atoms with Gasteiger partial charge in [-0.25, -0.2) is 9.59 Å². The maximum atomic E-state index is 10.1. The maximum absolute atomic E-state index is 10.1. The summed E-state index contributed by atoms with van der Waals surface area (Å²) in [5.74, 6) is 0. The van der Waals surface area contributed by atoms with Gasteiger partial charge in [0.25, 0.3) is 6.08 Å².